The van der Waals surface area contributed by atoms with E-state index in [0.29, 0.717) is 6.04 Å². The molecule has 0 bridgehead atoms. The zero-order chi connectivity index (χ0) is 16.2. The Labute approximate surface area is 142 Å². The summed E-state index contributed by atoms with van der Waals surface area (Å²) in [6.45, 7) is 7.48. The summed E-state index contributed by atoms with van der Waals surface area (Å²) in [4.78, 5) is 6.42. The summed E-state index contributed by atoms with van der Waals surface area (Å²) in [5.41, 5.74) is 2.55. The van der Waals surface area contributed by atoms with Crippen molar-refractivity contribution in [2.75, 3.05) is 26.2 Å². The summed E-state index contributed by atoms with van der Waals surface area (Å²) >= 11 is 1.82. The Morgan fingerprint density at radius 1 is 1.35 bits per heavy atom. The molecule has 1 N–H and O–H groups in total. The highest BCUT2D eigenvalue weighted by molar-refractivity contribution is 7.09. The van der Waals surface area contributed by atoms with Crippen LogP contribution < -0.4 is 0 Å². The third-order valence-corrected chi connectivity index (χ3v) is 5.68. The van der Waals surface area contributed by atoms with E-state index in [-0.39, 0.29) is 6.61 Å². The number of aliphatic hydroxyl groups excluding tert-OH is 1. The minimum Gasteiger partial charge on any atom is -0.396 e. The Balaban J connectivity index is 1.62. The van der Waals surface area contributed by atoms with Crippen molar-refractivity contribution in [1.82, 2.24) is 19.6 Å². The van der Waals surface area contributed by atoms with E-state index >= 15 is 0 Å². The maximum absolute atomic E-state index is 9.43. The highest BCUT2D eigenvalue weighted by atomic mass is 32.1. The van der Waals surface area contributed by atoms with E-state index in [2.05, 4.69) is 39.3 Å². The number of piperazine rings is 1. The van der Waals surface area contributed by atoms with Crippen LogP contribution in [0, 0.1) is 6.92 Å². The molecule has 6 heteroatoms. The summed E-state index contributed by atoms with van der Waals surface area (Å²) in [6, 6.07) is 4.74. The van der Waals surface area contributed by atoms with E-state index < -0.39 is 0 Å². The highest BCUT2D eigenvalue weighted by Gasteiger charge is 2.27. The van der Waals surface area contributed by atoms with Crippen molar-refractivity contribution in [1.29, 1.82) is 0 Å². The van der Waals surface area contributed by atoms with Crippen molar-refractivity contribution in [3.8, 4) is 0 Å². The summed E-state index contributed by atoms with van der Waals surface area (Å²) in [5.74, 6) is 0. The lowest BCUT2D eigenvalue weighted by atomic mass is 10.1. The molecule has 1 fully saturated rings. The van der Waals surface area contributed by atoms with Crippen molar-refractivity contribution in [3.63, 3.8) is 0 Å². The van der Waals surface area contributed by atoms with Gasteiger partial charge in [-0.15, -0.1) is 11.3 Å². The molecule has 1 unspecified atom stereocenters. The minimum absolute atomic E-state index is 0.255. The number of aromatic nitrogens is 2. The number of rotatable bonds is 6. The number of aliphatic hydroxyl groups is 1. The third-order valence-electron chi connectivity index (χ3n) is 4.82. The smallest absolute Gasteiger partial charge is 0.0537 e. The maximum atomic E-state index is 9.43. The van der Waals surface area contributed by atoms with Crippen LogP contribution in [-0.2, 0) is 20.1 Å². The van der Waals surface area contributed by atoms with Crippen LogP contribution in [0.3, 0.4) is 0 Å². The van der Waals surface area contributed by atoms with E-state index in [0.717, 1.165) is 39.1 Å². The standard InChI is InChI=1S/C17H26N4OS/c1-14-15(10-18-19(14)2)11-20-6-7-21(16(12-20)5-8-22)13-17-4-3-9-23-17/h3-4,9-10,16,22H,5-8,11-13H2,1-2H3. The van der Waals surface area contributed by atoms with Crippen LogP contribution in [0.25, 0.3) is 0 Å². The van der Waals surface area contributed by atoms with E-state index in [1.165, 1.54) is 16.1 Å². The van der Waals surface area contributed by atoms with Gasteiger partial charge in [0.25, 0.3) is 0 Å². The van der Waals surface area contributed by atoms with Gasteiger partial charge in [-0.1, -0.05) is 6.07 Å². The van der Waals surface area contributed by atoms with Crippen molar-refractivity contribution in [3.05, 3.63) is 39.8 Å². The van der Waals surface area contributed by atoms with Gasteiger partial charge in [-0.05, 0) is 24.8 Å². The zero-order valence-corrected chi connectivity index (χ0v) is 14.8. The maximum Gasteiger partial charge on any atom is 0.0537 e. The molecule has 0 aromatic carbocycles. The van der Waals surface area contributed by atoms with Crippen molar-refractivity contribution in [2.45, 2.75) is 32.5 Å². The number of nitrogens with zero attached hydrogens (tertiary/aromatic N) is 4. The quantitative estimate of drug-likeness (QED) is 0.876. The molecule has 0 radical (unpaired) electrons. The molecule has 0 saturated carbocycles. The largest absolute Gasteiger partial charge is 0.396 e. The molecule has 1 aliphatic rings. The van der Waals surface area contributed by atoms with E-state index in [4.69, 9.17) is 0 Å². The predicted molar refractivity (Wildman–Crippen MR) is 93.4 cm³/mol. The van der Waals surface area contributed by atoms with Crippen LogP contribution in [0.2, 0.25) is 0 Å². The molecule has 0 aliphatic carbocycles. The number of hydrogen-bond acceptors (Lipinski definition) is 5. The molecule has 5 nitrogen and oxygen atoms in total. The molecule has 0 spiro atoms. The lowest BCUT2D eigenvalue weighted by Gasteiger charge is -2.41. The average Bonchev–Trinajstić information content (AvgIpc) is 3.15. The molecule has 1 atom stereocenters. The van der Waals surface area contributed by atoms with Crippen LogP contribution in [0.5, 0.6) is 0 Å². The van der Waals surface area contributed by atoms with Gasteiger partial charge in [0, 0.05) is 68.6 Å². The summed E-state index contributed by atoms with van der Waals surface area (Å²) in [5, 5.41) is 15.9. The molecule has 23 heavy (non-hydrogen) atoms. The Bertz CT molecular complexity index is 610. The number of hydrogen-bond donors (Lipinski definition) is 1. The SMILES string of the molecule is Cc1c(CN2CCN(Cc3cccs3)C(CCO)C2)cnn1C. The summed E-state index contributed by atoms with van der Waals surface area (Å²) in [7, 11) is 1.99. The normalized spacial score (nSPS) is 20.2. The molecule has 1 saturated heterocycles. The van der Waals surface area contributed by atoms with Gasteiger partial charge in [-0.2, -0.15) is 5.10 Å². The molecule has 2 aromatic rings. The second-order valence-electron chi connectivity index (χ2n) is 6.33. The predicted octanol–water partition coefficient (Wildman–Crippen LogP) is 1.86. The number of aryl methyl sites for hydroxylation is 1. The first kappa shape index (κ1) is 16.6. The van der Waals surface area contributed by atoms with Crippen LogP contribution >= 0.6 is 11.3 Å². The molecule has 0 amide bonds. The summed E-state index contributed by atoms with van der Waals surface area (Å²) in [6.07, 6.45) is 2.82. The Hall–Kier alpha value is -1.21. The molecule has 3 heterocycles. The van der Waals surface area contributed by atoms with Gasteiger partial charge >= 0.3 is 0 Å². The van der Waals surface area contributed by atoms with E-state index in [1.807, 2.05) is 29.3 Å². The first-order valence-corrected chi connectivity index (χ1v) is 9.12. The molecule has 2 aromatic heterocycles. The Morgan fingerprint density at radius 2 is 2.22 bits per heavy atom. The van der Waals surface area contributed by atoms with Crippen LogP contribution in [-0.4, -0.2) is 57.0 Å². The van der Waals surface area contributed by atoms with Crippen molar-refractivity contribution < 1.29 is 5.11 Å². The first-order chi connectivity index (χ1) is 11.2. The average molecular weight is 334 g/mol. The first-order valence-electron chi connectivity index (χ1n) is 8.24. The van der Waals surface area contributed by atoms with Gasteiger partial charge in [0.15, 0.2) is 0 Å². The fraction of sp³-hybridized carbons (Fsp3) is 0.588. The molecule has 3 rings (SSSR count). The van der Waals surface area contributed by atoms with Crippen molar-refractivity contribution in [2.24, 2.45) is 7.05 Å². The van der Waals surface area contributed by atoms with Gasteiger partial charge in [0.2, 0.25) is 0 Å². The second-order valence-corrected chi connectivity index (χ2v) is 7.36. The van der Waals surface area contributed by atoms with Crippen LogP contribution in [0.4, 0.5) is 0 Å². The minimum atomic E-state index is 0.255. The Kier molecular flexibility index (Phi) is 5.48. The van der Waals surface area contributed by atoms with Gasteiger partial charge in [-0.25, -0.2) is 0 Å². The molecule has 1 aliphatic heterocycles. The van der Waals surface area contributed by atoms with Gasteiger partial charge in [0.05, 0.1) is 6.20 Å². The lowest BCUT2D eigenvalue weighted by molar-refractivity contribution is 0.0505. The highest BCUT2D eigenvalue weighted by Crippen LogP contribution is 2.20. The number of thiophene rings is 1. The summed E-state index contributed by atoms with van der Waals surface area (Å²) < 4.78 is 1.94. The topological polar surface area (TPSA) is 44.5 Å². The van der Waals surface area contributed by atoms with E-state index in [1.54, 1.807) is 0 Å². The van der Waals surface area contributed by atoms with Crippen LogP contribution in [0.15, 0.2) is 23.7 Å². The monoisotopic (exact) mass is 334 g/mol. The van der Waals surface area contributed by atoms with Gasteiger partial charge in [0.1, 0.15) is 0 Å². The molecular weight excluding hydrogens is 308 g/mol. The zero-order valence-electron chi connectivity index (χ0n) is 14.0. The van der Waals surface area contributed by atoms with E-state index in [9.17, 15) is 5.11 Å². The molecular formula is C17H26N4OS. The fourth-order valence-electron chi connectivity index (χ4n) is 3.27. The van der Waals surface area contributed by atoms with Crippen molar-refractivity contribution >= 4 is 11.3 Å². The molecule has 126 valence electrons. The third kappa shape index (κ3) is 4.01. The lowest BCUT2D eigenvalue weighted by Crippen LogP contribution is -2.52. The van der Waals surface area contributed by atoms with Gasteiger partial charge < -0.3 is 5.11 Å². The fourth-order valence-corrected chi connectivity index (χ4v) is 4.00. The second kappa shape index (κ2) is 7.57. The Morgan fingerprint density at radius 3 is 2.87 bits per heavy atom. The van der Waals surface area contributed by atoms with Gasteiger partial charge in [-0.3, -0.25) is 14.5 Å². The van der Waals surface area contributed by atoms with Crippen LogP contribution in [0.1, 0.15) is 22.6 Å².